The number of ether oxygens (including phenoxy) is 1. The summed E-state index contributed by atoms with van der Waals surface area (Å²) in [5.41, 5.74) is 6.33. The minimum Gasteiger partial charge on any atom is -0.481 e. The van der Waals surface area contributed by atoms with Gasteiger partial charge >= 0.3 is 0 Å². The smallest absolute Gasteiger partial charge is 0.215 e. The summed E-state index contributed by atoms with van der Waals surface area (Å²) in [4.78, 5) is 4.20. The number of nitrogens with zero attached hydrogens (tertiary/aromatic N) is 4. The van der Waals surface area contributed by atoms with E-state index in [9.17, 15) is 0 Å². The van der Waals surface area contributed by atoms with Crippen molar-refractivity contribution in [3.05, 3.63) is 18.0 Å². The van der Waals surface area contributed by atoms with Crippen molar-refractivity contribution in [2.75, 3.05) is 18.2 Å². The fourth-order valence-electron chi connectivity index (χ4n) is 1.30. The van der Waals surface area contributed by atoms with Gasteiger partial charge in [-0.15, -0.1) is 10.2 Å². The summed E-state index contributed by atoms with van der Waals surface area (Å²) in [6, 6.07) is 3.26. The van der Waals surface area contributed by atoms with Crippen LogP contribution in [0.5, 0.6) is 5.88 Å². The van der Waals surface area contributed by atoms with Gasteiger partial charge in [-0.1, -0.05) is 5.21 Å². The molecule has 0 bridgehead atoms. The third kappa shape index (κ3) is 2.41. The number of methoxy groups -OCH3 is 1. The molecule has 0 amide bonds. The predicted octanol–water partition coefficient (Wildman–Crippen LogP) is 0.359. The monoisotopic (exact) mass is 235 g/mol. The molecular weight excluding hydrogens is 222 g/mol. The van der Waals surface area contributed by atoms with Crippen molar-refractivity contribution < 1.29 is 4.74 Å². The molecule has 2 heterocycles. The quantitative estimate of drug-likeness (QED) is 0.700. The van der Waals surface area contributed by atoms with Crippen LogP contribution in [-0.4, -0.2) is 32.7 Å². The number of tetrazole rings is 1. The molecule has 4 N–H and O–H groups in total. The number of aromatic nitrogens is 5. The number of nitrogens with two attached hydrogens (primary N) is 1. The lowest BCUT2D eigenvalue weighted by Crippen LogP contribution is -2.11. The summed E-state index contributed by atoms with van der Waals surface area (Å²) in [6.07, 6.45) is 0. The fraction of sp³-hybridized carbons (Fsp3) is 0.333. The minimum absolute atomic E-state index is 0.157. The summed E-state index contributed by atoms with van der Waals surface area (Å²) in [5.74, 6) is 1.55. The Morgan fingerprint density at radius 3 is 2.94 bits per heavy atom. The van der Waals surface area contributed by atoms with Crippen molar-refractivity contribution in [1.82, 2.24) is 25.6 Å². The van der Waals surface area contributed by atoms with E-state index in [1.165, 1.54) is 0 Å². The Morgan fingerprint density at radius 2 is 2.29 bits per heavy atom. The molecule has 2 aromatic rings. The first kappa shape index (κ1) is 11.1. The highest BCUT2D eigenvalue weighted by Gasteiger charge is 2.12. The van der Waals surface area contributed by atoms with Crippen LogP contribution >= 0.6 is 0 Å². The average molecular weight is 235 g/mol. The molecule has 2 rings (SSSR count). The maximum atomic E-state index is 5.80. The lowest BCUT2D eigenvalue weighted by atomic mass is 10.3. The van der Waals surface area contributed by atoms with Gasteiger partial charge in [0.1, 0.15) is 0 Å². The van der Waals surface area contributed by atoms with Gasteiger partial charge in [0.2, 0.25) is 5.88 Å². The van der Waals surface area contributed by atoms with Crippen molar-refractivity contribution in [1.29, 1.82) is 0 Å². The van der Waals surface area contributed by atoms with Gasteiger partial charge in [0.05, 0.1) is 18.8 Å². The van der Waals surface area contributed by atoms with Crippen molar-refractivity contribution in [3.8, 4) is 5.88 Å². The molecule has 2 aromatic heterocycles. The number of nitrogens with one attached hydrogen (secondary N) is 2. The third-order valence-electron chi connectivity index (χ3n) is 2.21. The zero-order valence-corrected chi connectivity index (χ0v) is 9.51. The largest absolute Gasteiger partial charge is 0.481 e. The number of nitrogen functional groups attached to an aromatic ring is 1. The summed E-state index contributed by atoms with van der Waals surface area (Å²) in [7, 11) is 1.55. The third-order valence-corrected chi connectivity index (χ3v) is 2.21. The molecule has 0 aromatic carbocycles. The minimum atomic E-state index is -0.157. The molecule has 0 spiro atoms. The Kier molecular flexibility index (Phi) is 3.03. The highest BCUT2D eigenvalue weighted by Crippen LogP contribution is 2.23. The van der Waals surface area contributed by atoms with Crippen LogP contribution in [0.1, 0.15) is 18.8 Å². The molecule has 0 saturated heterocycles. The summed E-state index contributed by atoms with van der Waals surface area (Å²) < 4.78 is 5.03. The van der Waals surface area contributed by atoms with Gasteiger partial charge in [-0.25, -0.2) is 0 Å². The van der Waals surface area contributed by atoms with Crippen LogP contribution in [0, 0.1) is 0 Å². The predicted molar refractivity (Wildman–Crippen MR) is 61.4 cm³/mol. The van der Waals surface area contributed by atoms with Crippen LogP contribution in [0.15, 0.2) is 12.1 Å². The molecule has 0 saturated carbocycles. The number of pyridine rings is 1. The van der Waals surface area contributed by atoms with Crippen LogP contribution in [0.2, 0.25) is 0 Å². The van der Waals surface area contributed by atoms with E-state index < -0.39 is 0 Å². The normalized spacial score (nSPS) is 12.1. The Morgan fingerprint density at radius 1 is 1.47 bits per heavy atom. The zero-order valence-electron chi connectivity index (χ0n) is 9.51. The first-order chi connectivity index (χ1) is 8.20. The van der Waals surface area contributed by atoms with E-state index in [-0.39, 0.29) is 6.04 Å². The van der Waals surface area contributed by atoms with E-state index in [0.29, 0.717) is 23.2 Å². The molecule has 90 valence electrons. The molecule has 0 aliphatic heterocycles. The van der Waals surface area contributed by atoms with Crippen LogP contribution in [0.3, 0.4) is 0 Å². The maximum absolute atomic E-state index is 5.80. The Labute approximate surface area is 97.6 Å². The van der Waals surface area contributed by atoms with Gasteiger partial charge in [-0.2, -0.15) is 10.2 Å². The van der Waals surface area contributed by atoms with Gasteiger partial charge in [0.25, 0.3) is 0 Å². The maximum Gasteiger partial charge on any atom is 0.215 e. The summed E-state index contributed by atoms with van der Waals surface area (Å²) in [5, 5.41) is 16.7. The second-order valence-corrected chi connectivity index (χ2v) is 3.43. The van der Waals surface area contributed by atoms with E-state index >= 15 is 0 Å². The first-order valence-corrected chi connectivity index (χ1v) is 5.01. The standard InChI is InChI=1S/C9H13N7O/c1-5(8-13-15-16-14-8)11-9-6(10)3-4-7(12-9)17-2/h3-5H,10H2,1-2H3,(H,11,12)(H,13,14,15,16). The molecule has 8 nitrogen and oxygen atoms in total. The Hall–Kier alpha value is -2.38. The molecule has 0 radical (unpaired) electrons. The van der Waals surface area contributed by atoms with Crippen molar-refractivity contribution >= 4 is 11.5 Å². The van der Waals surface area contributed by atoms with E-state index in [1.807, 2.05) is 6.92 Å². The van der Waals surface area contributed by atoms with E-state index in [1.54, 1.807) is 19.2 Å². The second kappa shape index (κ2) is 4.64. The summed E-state index contributed by atoms with van der Waals surface area (Å²) >= 11 is 0. The van der Waals surface area contributed by atoms with Crippen molar-refractivity contribution in [2.45, 2.75) is 13.0 Å². The Bertz CT molecular complexity index is 484. The van der Waals surface area contributed by atoms with Gasteiger partial charge in [-0.3, -0.25) is 0 Å². The lowest BCUT2D eigenvalue weighted by molar-refractivity contribution is 0.398. The fourth-order valence-corrected chi connectivity index (χ4v) is 1.30. The average Bonchev–Trinajstić information content (AvgIpc) is 2.85. The van der Waals surface area contributed by atoms with Crippen LogP contribution in [0.4, 0.5) is 11.5 Å². The van der Waals surface area contributed by atoms with Gasteiger partial charge in [0, 0.05) is 6.07 Å². The number of aromatic amines is 1. The summed E-state index contributed by atoms with van der Waals surface area (Å²) in [6.45, 7) is 1.88. The van der Waals surface area contributed by atoms with Gasteiger partial charge < -0.3 is 15.8 Å². The molecule has 0 fully saturated rings. The topological polar surface area (TPSA) is 115 Å². The van der Waals surface area contributed by atoms with Crippen LogP contribution in [0.25, 0.3) is 0 Å². The molecule has 1 atom stereocenters. The van der Waals surface area contributed by atoms with E-state index in [2.05, 4.69) is 30.9 Å². The molecule has 1 unspecified atom stereocenters. The van der Waals surface area contributed by atoms with E-state index in [0.717, 1.165) is 0 Å². The molecule has 0 aliphatic carbocycles. The number of anilines is 2. The van der Waals surface area contributed by atoms with Crippen molar-refractivity contribution in [2.24, 2.45) is 0 Å². The lowest BCUT2D eigenvalue weighted by Gasteiger charge is -2.13. The number of hydrogen-bond donors (Lipinski definition) is 3. The second-order valence-electron chi connectivity index (χ2n) is 3.43. The van der Waals surface area contributed by atoms with Gasteiger partial charge in [-0.05, 0) is 13.0 Å². The molecule has 8 heteroatoms. The molecule has 0 aliphatic rings. The van der Waals surface area contributed by atoms with Crippen molar-refractivity contribution in [3.63, 3.8) is 0 Å². The molecule has 17 heavy (non-hydrogen) atoms. The zero-order chi connectivity index (χ0) is 12.3. The highest BCUT2D eigenvalue weighted by atomic mass is 16.5. The highest BCUT2D eigenvalue weighted by molar-refractivity contribution is 5.62. The van der Waals surface area contributed by atoms with Crippen LogP contribution < -0.4 is 15.8 Å². The molecular formula is C9H13N7O. The number of hydrogen-bond acceptors (Lipinski definition) is 7. The first-order valence-electron chi connectivity index (χ1n) is 5.01. The van der Waals surface area contributed by atoms with E-state index in [4.69, 9.17) is 10.5 Å². The SMILES string of the molecule is COc1ccc(N)c(NC(C)c2nn[nH]n2)n1. The Balaban J connectivity index is 2.18. The van der Waals surface area contributed by atoms with Crippen LogP contribution in [-0.2, 0) is 0 Å². The number of rotatable bonds is 4. The number of H-pyrrole nitrogens is 1. The van der Waals surface area contributed by atoms with Gasteiger partial charge in [0.15, 0.2) is 11.6 Å².